The standard InChI is InChI=1S/C15H29NO/c1-12-6-4-5-7-14(12)17-11-15(2,3)10-16-13-8-9-13/h12-14,16H,4-11H2,1-3H3. The van der Waals surface area contributed by atoms with E-state index in [1.807, 2.05) is 0 Å². The number of rotatable bonds is 6. The van der Waals surface area contributed by atoms with Crippen LogP contribution in [0.15, 0.2) is 0 Å². The quantitative estimate of drug-likeness (QED) is 0.767. The fraction of sp³-hybridized carbons (Fsp3) is 1.00. The zero-order valence-electron chi connectivity index (χ0n) is 11.8. The molecule has 2 atom stereocenters. The van der Waals surface area contributed by atoms with Gasteiger partial charge in [-0.1, -0.05) is 33.6 Å². The molecule has 17 heavy (non-hydrogen) atoms. The average Bonchev–Trinajstić information content (AvgIpc) is 3.09. The van der Waals surface area contributed by atoms with Gasteiger partial charge in [-0.25, -0.2) is 0 Å². The van der Waals surface area contributed by atoms with Gasteiger partial charge in [-0.3, -0.25) is 0 Å². The Morgan fingerprint density at radius 3 is 2.47 bits per heavy atom. The highest BCUT2D eigenvalue weighted by molar-refractivity contribution is 4.84. The molecule has 2 nitrogen and oxygen atoms in total. The van der Waals surface area contributed by atoms with E-state index in [-0.39, 0.29) is 5.41 Å². The maximum Gasteiger partial charge on any atom is 0.0600 e. The van der Waals surface area contributed by atoms with Crippen LogP contribution in [-0.4, -0.2) is 25.3 Å². The lowest BCUT2D eigenvalue weighted by Gasteiger charge is -2.33. The molecule has 0 radical (unpaired) electrons. The zero-order chi connectivity index (χ0) is 12.3. The summed E-state index contributed by atoms with van der Waals surface area (Å²) >= 11 is 0. The molecular weight excluding hydrogens is 210 g/mol. The summed E-state index contributed by atoms with van der Waals surface area (Å²) in [4.78, 5) is 0. The molecule has 0 heterocycles. The third-order valence-electron chi connectivity index (χ3n) is 4.17. The molecule has 1 N–H and O–H groups in total. The lowest BCUT2D eigenvalue weighted by molar-refractivity contribution is -0.0400. The van der Waals surface area contributed by atoms with Gasteiger partial charge in [0.1, 0.15) is 0 Å². The SMILES string of the molecule is CC1CCCCC1OCC(C)(C)CNC1CC1. The molecular formula is C15H29NO. The van der Waals surface area contributed by atoms with Gasteiger partial charge in [0.25, 0.3) is 0 Å². The first-order valence-corrected chi connectivity index (χ1v) is 7.42. The Kier molecular flexibility index (Phi) is 4.48. The first-order chi connectivity index (χ1) is 8.07. The lowest BCUT2D eigenvalue weighted by Crippen LogP contribution is -2.37. The molecule has 0 bridgehead atoms. The first kappa shape index (κ1) is 13.4. The minimum absolute atomic E-state index is 0.278. The molecule has 2 saturated carbocycles. The normalized spacial score (nSPS) is 30.5. The minimum Gasteiger partial charge on any atom is -0.377 e. The second-order valence-electron chi connectivity index (χ2n) is 6.93. The van der Waals surface area contributed by atoms with E-state index in [1.165, 1.54) is 38.5 Å². The monoisotopic (exact) mass is 239 g/mol. The Labute approximate surface area is 107 Å². The van der Waals surface area contributed by atoms with Crippen LogP contribution in [0.25, 0.3) is 0 Å². The summed E-state index contributed by atoms with van der Waals surface area (Å²) < 4.78 is 6.17. The van der Waals surface area contributed by atoms with Gasteiger partial charge in [0, 0.05) is 18.0 Å². The fourth-order valence-electron chi connectivity index (χ4n) is 2.62. The predicted octanol–water partition coefficient (Wildman–Crippen LogP) is 3.36. The van der Waals surface area contributed by atoms with Crippen molar-refractivity contribution in [3.63, 3.8) is 0 Å². The van der Waals surface area contributed by atoms with E-state index in [4.69, 9.17) is 4.74 Å². The van der Waals surface area contributed by atoms with Crippen molar-refractivity contribution in [2.45, 2.75) is 71.4 Å². The van der Waals surface area contributed by atoms with Gasteiger partial charge in [0.2, 0.25) is 0 Å². The number of ether oxygens (including phenoxy) is 1. The molecule has 2 fully saturated rings. The molecule has 0 amide bonds. The smallest absolute Gasteiger partial charge is 0.0600 e. The van der Waals surface area contributed by atoms with Crippen LogP contribution >= 0.6 is 0 Å². The van der Waals surface area contributed by atoms with Gasteiger partial charge in [-0.05, 0) is 31.6 Å². The highest BCUT2D eigenvalue weighted by Gasteiger charge is 2.28. The van der Waals surface area contributed by atoms with E-state index < -0.39 is 0 Å². The Balaban J connectivity index is 1.67. The Morgan fingerprint density at radius 2 is 1.82 bits per heavy atom. The van der Waals surface area contributed by atoms with Crippen LogP contribution in [-0.2, 0) is 4.74 Å². The van der Waals surface area contributed by atoms with E-state index in [9.17, 15) is 0 Å². The predicted molar refractivity (Wildman–Crippen MR) is 72.2 cm³/mol. The summed E-state index contributed by atoms with van der Waals surface area (Å²) in [5.74, 6) is 0.760. The Hall–Kier alpha value is -0.0800. The van der Waals surface area contributed by atoms with Crippen molar-refractivity contribution in [1.82, 2.24) is 5.32 Å². The third kappa shape index (κ3) is 4.59. The van der Waals surface area contributed by atoms with Crippen molar-refractivity contribution < 1.29 is 4.74 Å². The molecule has 2 rings (SSSR count). The van der Waals surface area contributed by atoms with E-state index in [1.54, 1.807) is 0 Å². The average molecular weight is 239 g/mol. The van der Waals surface area contributed by atoms with Gasteiger partial charge in [-0.2, -0.15) is 0 Å². The molecule has 2 aliphatic carbocycles. The van der Waals surface area contributed by atoms with Gasteiger partial charge < -0.3 is 10.1 Å². The number of hydrogen-bond acceptors (Lipinski definition) is 2. The van der Waals surface area contributed by atoms with Crippen LogP contribution in [0.3, 0.4) is 0 Å². The van der Waals surface area contributed by atoms with Gasteiger partial charge in [0.05, 0.1) is 12.7 Å². The summed E-state index contributed by atoms with van der Waals surface area (Å²) in [5, 5.41) is 3.62. The first-order valence-electron chi connectivity index (χ1n) is 7.42. The van der Waals surface area contributed by atoms with Crippen molar-refractivity contribution in [1.29, 1.82) is 0 Å². The second kappa shape index (κ2) is 5.71. The molecule has 2 aliphatic rings. The molecule has 100 valence electrons. The maximum absolute atomic E-state index is 6.17. The molecule has 0 aromatic rings. The minimum atomic E-state index is 0.278. The molecule has 2 heteroatoms. The maximum atomic E-state index is 6.17. The lowest BCUT2D eigenvalue weighted by atomic mass is 9.87. The second-order valence-corrected chi connectivity index (χ2v) is 6.93. The van der Waals surface area contributed by atoms with E-state index in [0.717, 1.165) is 25.1 Å². The molecule has 0 aliphatic heterocycles. The van der Waals surface area contributed by atoms with Crippen molar-refractivity contribution in [3.8, 4) is 0 Å². The van der Waals surface area contributed by atoms with Crippen LogP contribution in [0.1, 0.15) is 59.3 Å². The van der Waals surface area contributed by atoms with Crippen LogP contribution in [0.5, 0.6) is 0 Å². The summed E-state index contributed by atoms with van der Waals surface area (Å²) in [6.45, 7) is 8.98. The Bertz CT molecular complexity index is 235. The molecule has 0 aromatic heterocycles. The van der Waals surface area contributed by atoms with Crippen LogP contribution in [0.4, 0.5) is 0 Å². The van der Waals surface area contributed by atoms with Crippen LogP contribution in [0.2, 0.25) is 0 Å². The number of nitrogens with one attached hydrogen (secondary N) is 1. The van der Waals surface area contributed by atoms with Crippen molar-refractivity contribution >= 4 is 0 Å². The third-order valence-corrected chi connectivity index (χ3v) is 4.17. The van der Waals surface area contributed by atoms with Crippen molar-refractivity contribution in [2.75, 3.05) is 13.2 Å². The molecule has 0 aromatic carbocycles. The van der Waals surface area contributed by atoms with Crippen molar-refractivity contribution in [3.05, 3.63) is 0 Å². The topological polar surface area (TPSA) is 21.3 Å². The van der Waals surface area contributed by atoms with E-state index in [2.05, 4.69) is 26.1 Å². The highest BCUT2D eigenvalue weighted by Crippen LogP contribution is 2.28. The zero-order valence-corrected chi connectivity index (χ0v) is 11.8. The highest BCUT2D eigenvalue weighted by atomic mass is 16.5. The largest absolute Gasteiger partial charge is 0.377 e. The van der Waals surface area contributed by atoms with Gasteiger partial charge >= 0.3 is 0 Å². The molecule has 2 unspecified atom stereocenters. The van der Waals surface area contributed by atoms with E-state index in [0.29, 0.717) is 6.10 Å². The van der Waals surface area contributed by atoms with Gasteiger partial charge in [0.15, 0.2) is 0 Å². The summed E-state index contributed by atoms with van der Waals surface area (Å²) in [6, 6.07) is 0.808. The van der Waals surface area contributed by atoms with Crippen LogP contribution in [0, 0.1) is 11.3 Å². The summed E-state index contributed by atoms with van der Waals surface area (Å²) in [6.07, 6.45) is 8.64. The van der Waals surface area contributed by atoms with Gasteiger partial charge in [-0.15, -0.1) is 0 Å². The fourth-order valence-corrected chi connectivity index (χ4v) is 2.62. The van der Waals surface area contributed by atoms with Crippen LogP contribution < -0.4 is 5.32 Å². The van der Waals surface area contributed by atoms with Crippen molar-refractivity contribution in [2.24, 2.45) is 11.3 Å². The number of hydrogen-bond donors (Lipinski definition) is 1. The molecule has 0 saturated heterocycles. The summed E-state index contributed by atoms with van der Waals surface area (Å²) in [7, 11) is 0. The molecule has 0 spiro atoms. The Morgan fingerprint density at radius 1 is 1.12 bits per heavy atom. The summed E-state index contributed by atoms with van der Waals surface area (Å²) in [5.41, 5.74) is 0.278. The van der Waals surface area contributed by atoms with E-state index >= 15 is 0 Å².